The number of nitrogens with one attached hydrogen (secondary N) is 2. The predicted octanol–water partition coefficient (Wildman–Crippen LogP) is 2.53. The molecule has 0 radical (unpaired) electrons. The quantitative estimate of drug-likeness (QED) is 0.704. The minimum atomic E-state index is -3.54. The maximum atomic E-state index is 13.0. The normalized spacial score (nSPS) is 17.0. The lowest BCUT2D eigenvalue weighted by Gasteiger charge is -2.34. The molecule has 6 nitrogen and oxygen atoms in total. The summed E-state index contributed by atoms with van der Waals surface area (Å²) in [5.41, 5.74) is 2.55. The molecule has 1 atom stereocenters. The Morgan fingerprint density at radius 2 is 1.63 bits per heavy atom. The number of sulfonamides is 1. The summed E-state index contributed by atoms with van der Waals surface area (Å²) in [6, 6.07) is 9.75. The highest BCUT2D eigenvalue weighted by molar-refractivity contribution is 7.89. The summed E-state index contributed by atoms with van der Waals surface area (Å²) in [5, 5.41) is 3.73. The van der Waals surface area contributed by atoms with Gasteiger partial charge in [0.05, 0.1) is 31.1 Å². The molecule has 3 rings (SSSR count). The van der Waals surface area contributed by atoms with E-state index in [-0.39, 0.29) is 11.9 Å². The molecule has 1 aliphatic rings. The molecule has 0 bridgehead atoms. The zero-order chi connectivity index (χ0) is 22.1. The van der Waals surface area contributed by atoms with E-state index in [1.807, 2.05) is 26.8 Å². The number of piperazine rings is 1. The van der Waals surface area contributed by atoms with Crippen LogP contribution in [0.15, 0.2) is 41.3 Å². The van der Waals surface area contributed by atoms with Crippen LogP contribution < -0.4 is 10.2 Å². The van der Waals surface area contributed by atoms with Gasteiger partial charge >= 0.3 is 0 Å². The third kappa shape index (κ3) is 5.15. The maximum Gasteiger partial charge on any atom is 0.282 e. The van der Waals surface area contributed by atoms with Gasteiger partial charge in [-0.15, -0.1) is 0 Å². The number of carbonyl (C=O) groups excluding carboxylic acids is 1. The highest BCUT2D eigenvalue weighted by Crippen LogP contribution is 2.22. The average molecular weight is 471 g/mol. The first kappa shape index (κ1) is 23.0. The average Bonchev–Trinajstić information content (AvgIpc) is 2.68. The number of benzene rings is 2. The van der Waals surface area contributed by atoms with Crippen molar-refractivity contribution in [3.05, 3.63) is 57.6 Å². The number of halogens is 2. The van der Waals surface area contributed by atoms with Crippen molar-refractivity contribution in [3.63, 3.8) is 0 Å². The van der Waals surface area contributed by atoms with Crippen LogP contribution in [0.5, 0.6) is 0 Å². The fourth-order valence-electron chi connectivity index (χ4n) is 3.53. The number of nitrogens with zero attached hydrogens (tertiary/aromatic N) is 1. The number of anilines is 1. The summed E-state index contributed by atoms with van der Waals surface area (Å²) >= 11 is 12.0. The number of quaternary nitrogens is 1. The molecule has 30 heavy (non-hydrogen) atoms. The molecule has 2 N–H and O–H groups in total. The van der Waals surface area contributed by atoms with Gasteiger partial charge in [-0.05, 0) is 62.2 Å². The van der Waals surface area contributed by atoms with Crippen molar-refractivity contribution < 1.29 is 18.1 Å². The zero-order valence-electron chi connectivity index (χ0n) is 17.2. The number of hydrogen-bond donors (Lipinski definition) is 2. The number of hydrogen-bond acceptors (Lipinski definition) is 3. The lowest BCUT2D eigenvalue weighted by molar-refractivity contribution is -0.917. The van der Waals surface area contributed by atoms with E-state index in [2.05, 4.69) is 5.32 Å². The molecule has 0 unspecified atom stereocenters. The molecule has 0 aromatic heterocycles. The van der Waals surface area contributed by atoms with Crippen molar-refractivity contribution in [1.29, 1.82) is 0 Å². The molecule has 1 aliphatic heterocycles. The van der Waals surface area contributed by atoms with Gasteiger partial charge in [0.15, 0.2) is 6.04 Å². The highest BCUT2D eigenvalue weighted by Gasteiger charge is 2.34. The van der Waals surface area contributed by atoms with Crippen LogP contribution in [0, 0.1) is 13.8 Å². The standard InChI is InChI=1S/C21H25Cl2N3O3S/c1-14-4-5-20(10-15(14)2)30(28,29)26-8-6-25(7-9-26)16(3)21(27)24-19-12-17(22)11-18(23)13-19/h4-5,10-13,16H,6-9H2,1-3H3,(H,24,27)/p+1/t16-/m1/s1. The lowest BCUT2D eigenvalue weighted by atomic mass is 10.1. The fourth-order valence-corrected chi connectivity index (χ4v) is 5.59. The Labute approximate surface area is 187 Å². The molecular weight excluding hydrogens is 445 g/mol. The van der Waals surface area contributed by atoms with Crippen LogP contribution in [0.25, 0.3) is 0 Å². The fraction of sp³-hybridized carbons (Fsp3) is 0.381. The van der Waals surface area contributed by atoms with Gasteiger partial charge < -0.3 is 10.2 Å². The van der Waals surface area contributed by atoms with Gasteiger partial charge in [-0.2, -0.15) is 4.31 Å². The van der Waals surface area contributed by atoms with E-state index < -0.39 is 10.0 Å². The van der Waals surface area contributed by atoms with Gasteiger partial charge in [-0.1, -0.05) is 29.3 Å². The van der Waals surface area contributed by atoms with Gasteiger partial charge in [-0.3, -0.25) is 4.79 Å². The van der Waals surface area contributed by atoms with Crippen molar-refractivity contribution in [2.24, 2.45) is 0 Å². The Balaban J connectivity index is 1.62. The van der Waals surface area contributed by atoms with Crippen LogP contribution in [0.4, 0.5) is 5.69 Å². The van der Waals surface area contributed by atoms with Crippen molar-refractivity contribution in [2.75, 3.05) is 31.5 Å². The van der Waals surface area contributed by atoms with Gasteiger partial charge in [0.1, 0.15) is 0 Å². The van der Waals surface area contributed by atoms with Crippen LogP contribution in [0.3, 0.4) is 0 Å². The van der Waals surface area contributed by atoms with Gasteiger partial charge in [-0.25, -0.2) is 8.42 Å². The lowest BCUT2D eigenvalue weighted by Crippen LogP contribution is -3.19. The minimum Gasteiger partial charge on any atom is -0.323 e. The Kier molecular flexibility index (Phi) is 7.09. The second-order valence-corrected chi connectivity index (χ2v) is 10.5. The van der Waals surface area contributed by atoms with Crippen molar-refractivity contribution >= 4 is 44.8 Å². The monoisotopic (exact) mass is 470 g/mol. The summed E-state index contributed by atoms with van der Waals surface area (Å²) in [5.74, 6) is -0.159. The van der Waals surface area contributed by atoms with E-state index in [9.17, 15) is 13.2 Å². The number of aryl methyl sites for hydroxylation is 2. The van der Waals surface area contributed by atoms with Crippen LogP contribution in [0.2, 0.25) is 10.0 Å². The first-order valence-electron chi connectivity index (χ1n) is 9.77. The molecule has 1 fully saturated rings. The van der Waals surface area contributed by atoms with E-state index >= 15 is 0 Å². The summed E-state index contributed by atoms with van der Waals surface area (Å²) < 4.78 is 27.5. The second-order valence-electron chi connectivity index (χ2n) is 7.68. The summed E-state index contributed by atoms with van der Waals surface area (Å²) in [6.07, 6.45) is 0. The third-order valence-electron chi connectivity index (χ3n) is 5.62. The van der Waals surface area contributed by atoms with Crippen LogP contribution >= 0.6 is 23.2 Å². The number of rotatable bonds is 5. The highest BCUT2D eigenvalue weighted by atomic mass is 35.5. The molecule has 1 amide bonds. The van der Waals surface area contributed by atoms with Crippen LogP contribution in [0.1, 0.15) is 18.1 Å². The van der Waals surface area contributed by atoms with Gasteiger partial charge in [0, 0.05) is 15.7 Å². The van der Waals surface area contributed by atoms with E-state index in [4.69, 9.17) is 23.2 Å². The molecule has 0 saturated carbocycles. The second kappa shape index (κ2) is 9.24. The summed E-state index contributed by atoms with van der Waals surface area (Å²) in [4.78, 5) is 14.0. The van der Waals surface area contributed by atoms with Gasteiger partial charge in [0.25, 0.3) is 5.91 Å². The molecule has 2 aromatic rings. The number of amides is 1. The molecular formula is C21H26Cl2N3O3S+. The van der Waals surface area contributed by atoms with Crippen molar-refractivity contribution in [2.45, 2.75) is 31.7 Å². The Morgan fingerprint density at radius 3 is 2.20 bits per heavy atom. The van der Waals surface area contributed by atoms with E-state index in [0.29, 0.717) is 46.8 Å². The van der Waals surface area contributed by atoms with E-state index in [0.717, 1.165) is 16.0 Å². The number of carbonyl (C=O) groups is 1. The van der Waals surface area contributed by atoms with Crippen molar-refractivity contribution in [1.82, 2.24) is 4.31 Å². The molecule has 1 heterocycles. The topological polar surface area (TPSA) is 70.9 Å². The minimum absolute atomic E-state index is 0.159. The first-order chi connectivity index (χ1) is 14.1. The van der Waals surface area contributed by atoms with Crippen LogP contribution in [-0.4, -0.2) is 50.9 Å². The largest absolute Gasteiger partial charge is 0.323 e. The zero-order valence-corrected chi connectivity index (χ0v) is 19.5. The summed E-state index contributed by atoms with van der Waals surface area (Å²) in [7, 11) is -3.54. The predicted molar refractivity (Wildman–Crippen MR) is 120 cm³/mol. The Morgan fingerprint density at radius 1 is 1.03 bits per heavy atom. The third-order valence-corrected chi connectivity index (χ3v) is 7.95. The Bertz CT molecular complexity index is 1030. The maximum absolute atomic E-state index is 13.0. The van der Waals surface area contributed by atoms with Gasteiger partial charge in [0.2, 0.25) is 10.0 Å². The van der Waals surface area contributed by atoms with E-state index in [1.54, 1.807) is 30.3 Å². The Hall–Kier alpha value is -1.64. The first-order valence-corrected chi connectivity index (χ1v) is 12.0. The molecule has 1 saturated heterocycles. The SMILES string of the molecule is Cc1ccc(S(=O)(=O)N2CC[NH+]([C@H](C)C(=O)Nc3cc(Cl)cc(Cl)c3)CC2)cc1C. The smallest absolute Gasteiger partial charge is 0.282 e. The summed E-state index contributed by atoms with van der Waals surface area (Å²) in [6.45, 7) is 7.53. The van der Waals surface area contributed by atoms with Crippen LogP contribution in [-0.2, 0) is 14.8 Å². The van der Waals surface area contributed by atoms with Crippen molar-refractivity contribution in [3.8, 4) is 0 Å². The molecule has 2 aromatic carbocycles. The molecule has 0 aliphatic carbocycles. The molecule has 9 heteroatoms. The molecule has 0 spiro atoms. The molecule has 162 valence electrons. The van der Waals surface area contributed by atoms with E-state index in [1.165, 1.54) is 4.31 Å².